The smallest absolute Gasteiger partial charge is 0.258 e. The van der Waals surface area contributed by atoms with Crippen LogP contribution < -0.4 is 16.1 Å². The molecule has 2 heterocycles. The standard InChI is InChI=1S/C22H25N5OSi/c1-22(2,14-13-16-15-19(23)24-21-20(16)25-27-26-21)29(28,17-9-5-3-6-10-17)18-11-7-4-8-12-18/h3-12,15,28H,13-14H2,1-2H3,(H3,23,24,25,26,27). The molecular weight excluding hydrogens is 378 g/mol. The Hall–Kier alpha value is -3.03. The van der Waals surface area contributed by atoms with Crippen molar-refractivity contribution in [3.05, 3.63) is 72.3 Å². The maximum atomic E-state index is 12.3. The number of anilines is 1. The summed E-state index contributed by atoms with van der Waals surface area (Å²) in [5.74, 6) is 0.440. The van der Waals surface area contributed by atoms with Gasteiger partial charge in [0.25, 0.3) is 8.32 Å². The molecule has 0 radical (unpaired) electrons. The Labute approximate surface area is 170 Å². The number of nitrogens with two attached hydrogens (primary N) is 1. The topological polar surface area (TPSA) is 101 Å². The van der Waals surface area contributed by atoms with Gasteiger partial charge in [-0.3, -0.25) is 0 Å². The molecule has 0 atom stereocenters. The first kappa shape index (κ1) is 19.3. The van der Waals surface area contributed by atoms with Crippen molar-refractivity contribution in [3.63, 3.8) is 0 Å². The third-order valence-electron chi connectivity index (χ3n) is 5.78. The number of benzene rings is 2. The van der Waals surface area contributed by atoms with Gasteiger partial charge in [-0.05, 0) is 39.9 Å². The summed E-state index contributed by atoms with van der Waals surface area (Å²) in [5.41, 5.74) is 8.29. The number of aromatic amines is 1. The Morgan fingerprint density at radius 2 is 1.59 bits per heavy atom. The second kappa shape index (κ2) is 7.42. The molecule has 0 amide bonds. The molecule has 148 valence electrons. The van der Waals surface area contributed by atoms with Crippen LogP contribution in [0.3, 0.4) is 0 Å². The molecule has 0 aliphatic rings. The Bertz CT molecular complexity index is 1070. The van der Waals surface area contributed by atoms with Crippen LogP contribution in [0.1, 0.15) is 25.8 Å². The Morgan fingerprint density at radius 1 is 1.00 bits per heavy atom. The summed E-state index contributed by atoms with van der Waals surface area (Å²) < 4.78 is 0. The number of nitrogens with zero attached hydrogens (tertiary/aromatic N) is 3. The van der Waals surface area contributed by atoms with Gasteiger partial charge in [0.05, 0.1) is 0 Å². The molecule has 4 rings (SSSR count). The molecule has 4 N–H and O–H groups in total. The summed E-state index contributed by atoms with van der Waals surface area (Å²) in [7, 11) is -3.04. The van der Waals surface area contributed by atoms with E-state index in [0.717, 1.165) is 34.3 Å². The van der Waals surface area contributed by atoms with Gasteiger partial charge in [0.15, 0.2) is 5.65 Å². The lowest BCUT2D eigenvalue weighted by Gasteiger charge is -2.41. The van der Waals surface area contributed by atoms with Crippen molar-refractivity contribution in [2.45, 2.75) is 31.7 Å². The number of aryl methyl sites for hydroxylation is 1. The van der Waals surface area contributed by atoms with Gasteiger partial charge in [0, 0.05) is 0 Å². The van der Waals surface area contributed by atoms with Crippen molar-refractivity contribution in [1.29, 1.82) is 0 Å². The average Bonchev–Trinajstić information content (AvgIpc) is 3.21. The van der Waals surface area contributed by atoms with Crippen LogP contribution in [0.4, 0.5) is 5.82 Å². The summed E-state index contributed by atoms with van der Waals surface area (Å²) in [6, 6.07) is 22.0. The van der Waals surface area contributed by atoms with Crippen LogP contribution in [0, 0.1) is 0 Å². The fraction of sp³-hybridized carbons (Fsp3) is 0.227. The van der Waals surface area contributed by atoms with Crippen LogP contribution in [-0.2, 0) is 6.42 Å². The van der Waals surface area contributed by atoms with Gasteiger partial charge in [0.1, 0.15) is 11.3 Å². The predicted molar refractivity (Wildman–Crippen MR) is 119 cm³/mol. The normalized spacial score (nSPS) is 12.4. The minimum atomic E-state index is -3.04. The monoisotopic (exact) mass is 403 g/mol. The molecule has 29 heavy (non-hydrogen) atoms. The summed E-state index contributed by atoms with van der Waals surface area (Å²) in [5, 5.41) is 12.5. The maximum absolute atomic E-state index is 12.3. The Balaban J connectivity index is 1.73. The molecule has 7 heteroatoms. The van der Waals surface area contributed by atoms with E-state index >= 15 is 0 Å². The van der Waals surface area contributed by atoms with Gasteiger partial charge in [0.2, 0.25) is 0 Å². The number of nitrogens with one attached hydrogen (secondary N) is 1. The number of nitrogen functional groups attached to an aromatic ring is 1. The van der Waals surface area contributed by atoms with Crippen LogP contribution in [0.25, 0.3) is 11.2 Å². The summed E-state index contributed by atoms with van der Waals surface area (Å²) >= 11 is 0. The molecule has 2 aromatic heterocycles. The lowest BCUT2D eigenvalue weighted by atomic mass is 10.0. The molecule has 0 fully saturated rings. The van der Waals surface area contributed by atoms with Gasteiger partial charge >= 0.3 is 0 Å². The minimum absolute atomic E-state index is 0.343. The van der Waals surface area contributed by atoms with E-state index in [-0.39, 0.29) is 5.04 Å². The van der Waals surface area contributed by atoms with Crippen molar-refractivity contribution in [3.8, 4) is 0 Å². The number of pyridine rings is 1. The van der Waals surface area contributed by atoms with Crippen molar-refractivity contribution in [2.24, 2.45) is 0 Å². The van der Waals surface area contributed by atoms with Crippen LogP contribution >= 0.6 is 0 Å². The second-order valence-corrected chi connectivity index (χ2v) is 12.0. The van der Waals surface area contributed by atoms with Crippen molar-refractivity contribution >= 4 is 35.7 Å². The molecule has 0 saturated carbocycles. The quantitative estimate of drug-likeness (QED) is 0.429. The lowest BCUT2D eigenvalue weighted by molar-refractivity contribution is 0.467. The third-order valence-corrected chi connectivity index (χ3v) is 10.3. The van der Waals surface area contributed by atoms with Crippen LogP contribution in [0.15, 0.2) is 66.7 Å². The summed E-state index contributed by atoms with van der Waals surface area (Å²) in [6.07, 6.45) is 1.49. The van der Waals surface area contributed by atoms with E-state index in [2.05, 4.69) is 34.2 Å². The number of H-pyrrole nitrogens is 1. The highest BCUT2D eigenvalue weighted by molar-refractivity contribution is 6.98. The maximum Gasteiger partial charge on any atom is 0.258 e. The van der Waals surface area contributed by atoms with Gasteiger partial charge in [-0.15, -0.1) is 5.10 Å². The van der Waals surface area contributed by atoms with E-state index in [1.165, 1.54) is 0 Å². The molecule has 0 saturated heterocycles. The van der Waals surface area contributed by atoms with Crippen LogP contribution in [0.5, 0.6) is 0 Å². The lowest BCUT2D eigenvalue weighted by Crippen LogP contribution is -2.65. The van der Waals surface area contributed by atoms with E-state index in [0.29, 0.717) is 11.5 Å². The van der Waals surface area contributed by atoms with Gasteiger partial charge < -0.3 is 10.5 Å². The highest BCUT2D eigenvalue weighted by atomic mass is 28.4. The Kier molecular flexibility index (Phi) is 4.93. The third kappa shape index (κ3) is 3.43. The van der Waals surface area contributed by atoms with E-state index < -0.39 is 8.32 Å². The Morgan fingerprint density at radius 3 is 2.17 bits per heavy atom. The van der Waals surface area contributed by atoms with Crippen molar-refractivity contribution in [1.82, 2.24) is 20.4 Å². The zero-order valence-electron chi connectivity index (χ0n) is 16.6. The number of hydrogen-bond donors (Lipinski definition) is 3. The van der Waals surface area contributed by atoms with Crippen LogP contribution in [0.2, 0.25) is 5.04 Å². The molecule has 0 bridgehead atoms. The largest absolute Gasteiger partial charge is 0.424 e. The van der Waals surface area contributed by atoms with Crippen molar-refractivity contribution < 1.29 is 4.80 Å². The summed E-state index contributed by atoms with van der Waals surface area (Å²) in [4.78, 5) is 16.5. The first-order chi connectivity index (χ1) is 13.9. The van der Waals surface area contributed by atoms with E-state index in [9.17, 15) is 4.80 Å². The van der Waals surface area contributed by atoms with Crippen molar-refractivity contribution in [2.75, 3.05) is 5.73 Å². The van der Waals surface area contributed by atoms with E-state index in [1.54, 1.807) is 0 Å². The van der Waals surface area contributed by atoms with E-state index in [1.807, 2.05) is 66.7 Å². The zero-order chi connectivity index (χ0) is 20.5. The second-order valence-electron chi connectivity index (χ2n) is 8.04. The van der Waals surface area contributed by atoms with Crippen LogP contribution in [-0.4, -0.2) is 33.5 Å². The fourth-order valence-corrected chi connectivity index (χ4v) is 7.78. The SMILES string of the molecule is CC(C)(CCc1cc(N)nc2[nH]nnc12)[Si](O)(c1ccccc1)c1ccccc1. The number of rotatable bonds is 6. The first-order valence-corrected chi connectivity index (χ1v) is 11.7. The summed E-state index contributed by atoms with van der Waals surface area (Å²) in [6.45, 7) is 4.31. The molecule has 0 unspecified atom stereocenters. The predicted octanol–water partition coefficient (Wildman–Crippen LogP) is 2.40. The highest BCUT2D eigenvalue weighted by Crippen LogP contribution is 2.40. The molecule has 0 aliphatic carbocycles. The zero-order valence-corrected chi connectivity index (χ0v) is 17.6. The number of fused-ring (bicyclic) bond motifs is 1. The highest BCUT2D eigenvalue weighted by Gasteiger charge is 2.49. The molecule has 0 spiro atoms. The minimum Gasteiger partial charge on any atom is -0.424 e. The molecule has 6 nitrogen and oxygen atoms in total. The van der Waals surface area contributed by atoms with E-state index in [4.69, 9.17) is 5.73 Å². The first-order valence-electron chi connectivity index (χ1n) is 9.71. The average molecular weight is 404 g/mol. The number of hydrogen-bond acceptors (Lipinski definition) is 5. The van der Waals surface area contributed by atoms with Gasteiger partial charge in [-0.25, -0.2) is 10.1 Å². The van der Waals surface area contributed by atoms with Gasteiger partial charge in [-0.2, -0.15) is 0 Å². The fourth-order valence-electron chi connectivity index (χ4n) is 4.05. The molecular formula is C22H25N5OSi. The molecule has 0 aliphatic heterocycles. The van der Waals surface area contributed by atoms with Gasteiger partial charge in [-0.1, -0.05) is 79.7 Å². The molecule has 2 aromatic carbocycles. The molecule has 4 aromatic rings. The number of aromatic nitrogens is 4.